The molecule has 0 aromatic carbocycles. The zero-order valence-corrected chi connectivity index (χ0v) is 16.1. The molecule has 0 unspecified atom stereocenters. The third-order valence-electron chi connectivity index (χ3n) is 4.54. The van der Waals surface area contributed by atoms with Crippen LogP contribution in [-0.2, 0) is 14.3 Å². The fourth-order valence-corrected chi connectivity index (χ4v) is 2.33. The summed E-state index contributed by atoms with van der Waals surface area (Å²) in [6.45, 7) is 9.77. The number of ether oxygens (including phenoxy) is 2. The molecule has 0 N–H and O–H groups in total. The molecule has 0 fully saturated rings. The SMILES string of the molecule is CCCCCCCCCCCCOCCOC(=O)C(C)(C)CC. The third-order valence-corrected chi connectivity index (χ3v) is 4.54. The van der Waals surface area contributed by atoms with Crippen LogP contribution in [0, 0.1) is 5.41 Å². The summed E-state index contributed by atoms with van der Waals surface area (Å²) in [5.41, 5.74) is -0.378. The number of carbonyl (C=O) groups excluding carboxylic acids is 1. The van der Waals surface area contributed by atoms with Gasteiger partial charge in [-0.15, -0.1) is 0 Å². The number of carbonyl (C=O) groups is 1. The lowest BCUT2D eigenvalue weighted by Crippen LogP contribution is -2.27. The van der Waals surface area contributed by atoms with E-state index in [1.54, 1.807) is 0 Å². The van der Waals surface area contributed by atoms with Crippen LogP contribution in [0.3, 0.4) is 0 Å². The first kappa shape index (κ1) is 22.4. The van der Waals surface area contributed by atoms with Gasteiger partial charge in [0.15, 0.2) is 0 Å². The second kappa shape index (κ2) is 15.0. The maximum atomic E-state index is 11.7. The molecule has 0 atom stereocenters. The summed E-state index contributed by atoms with van der Waals surface area (Å²) in [4.78, 5) is 11.7. The molecule has 3 heteroatoms. The van der Waals surface area contributed by atoms with Crippen molar-refractivity contribution >= 4 is 5.97 Å². The van der Waals surface area contributed by atoms with Crippen LogP contribution in [0.4, 0.5) is 0 Å². The topological polar surface area (TPSA) is 35.5 Å². The maximum absolute atomic E-state index is 11.7. The van der Waals surface area contributed by atoms with Crippen LogP contribution in [0.15, 0.2) is 0 Å². The first-order valence-corrected chi connectivity index (χ1v) is 9.79. The number of esters is 1. The Bertz CT molecular complexity index is 274. The van der Waals surface area contributed by atoms with E-state index >= 15 is 0 Å². The largest absolute Gasteiger partial charge is 0.463 e. The smallest absolute Gasteiger partial charge is 0.311 e. The Morgan fingerprint density at radius 2 is 1.26 bits per heavy atom. The maximum Gasteiger partial charge on any atom is 0.311 e. The van der Waals surface area contributed by atoms with E-state index in [1.807, 2.05) is 20.8 Å². The highest BCUT2D eigenvalue weighted by Gasteiger charge is 2.26. The van der Waals surface area contributed by atoms with E-state index in [1.165, 1.54) is 57.8 Å². The second-order valence-corrected chi connectivity index (χ2v) is 7.17. The van der Waals surface area contributed by atoms with E-state index in [0.29, 0.717) is 13.2 Å². The highest BCUT2D eigenvalue weighted by Crippen LogP contribution is 2.21. The van der Waals surface area contributed by atoms with Crippen molar-refractivity contribution < 1.29 is 14.3 Å². The first-order valence-electron chi connectivity index (χ1n) is 9.79. The lowest BCUT2D eigenvalue weighted by Gasteiger charge is -2.20. The number of unbranched alkanes of at least 4 members (excludes halogenated alkanes) is 9. The Hall–Kier alpha value is -0.570. The van der Waals surface area contributed by atoms with Gasteiger partial charge in [0.1, 0.15) is 6.61 Å². The summed E-state index contributed by atoms with van der Waals surface area (Å²) in [5, 5.41) is 0. The number of hydrogen-bond acceptors (Lipinski definition) is 3. The lowest BCUT2D eigenvalue weighted by atomic mass is 9.91. The van der Waals surface area contributed by atoms with Crippen molar-refractivity contribution in [2.75, 3.05) is 19.8 Å². The zero-order chi connectivity index (χ0) is 17.4. The highest BCUT2D eigenvalue weighted by molar-refractivity contribution is 5.75. The number of hydrogen-bond donors (Lipinski definition) is 0. The van der Waals surface area contributed by atoms with Crippen molar-refractivity contribution in [2.45, 2.75) is 98.3 Å². The van der Waals surface area contributed by atoms with Gasteiger partial charge in [0.2, 0.25) is 0 Å². The lowest BCUT2D eigenvalue weighted by molar-refractivity contribution is -0.155. The van der Waals surface area contributed by atoms with Crippen molar-refractivity contribution in [1.29, 1.82) is 0 Å². The van der Waals surface area contributed by atoms with Crippen molar-refractivity contribution in [3.8, 4) is 0 Å². The fraction of sp³-hybridized carbons (Fsp3) is 0.950. The van der Waals surface area contributed by atoms with Crippen LogP contribution < -0.4 is 0 Å². The summed E-state index contributed by atoms with van der Waals surface area (Å²) >= 11 is 0. The van der Waals surface area contributed by atoms with Crippen molar-refractivity contribution in [1.82, 2.24) is 0 Å². The number of rotatable bonds is 16. The van der Waals surface area contributed by atoms with Gasteiger partial charge in [0.25, 0.3) is 0 Å². The Kier molecular flexibility index (Phi) is 14.6. The molecule has 0 heterocycles. The Labute approximate surface area is 144 Å². The fourth-order valence-electron chi connectivity index (χ4n) is 2.33. The van der Waals surface area contributed by atoms with Crippen LogP contribution in [0.25, 0.3) is 0 Å². The van der Waals surface area contributed by atoms with E-state index in [-0.39, 0.29) is 11.4 Å². The molecule has 0 aliphatic carbocycles. The average molecular weight is 329 g/mol. The molecule has 0 saturated heterocycles. The molecule has 0 saturated carbocycles. The molecule has 0 aromatic heterocycles. The van der Waals surface area contributed by atoms with Gasteiger partial charge >= 0.3 is 5.97 Å². The minimum atomic E-state index is -0.378. The van der Waals surface area contributed by atoms with Gasteiger partial charge in [-0.25, -0.2) is 0 Å². The van der Waals surface area contributed by atoms with Gasteiger partial charge in [-0.3, -0.25) is 4.79 Å². The Balaban J connectivity index is 3.21. The molecular formula is C20H40O3. The predicted octanol–water partition coefficient (Wildman–Crippen LogP) is 5.90. The summed E-state index contributed by atoms with van der Waals surface area (Å²) in [6, 6.07) is 0. The minimum absolute atomic E-state index is 0.123. The summed E-state index contributed by atoms with van der Waals surface area (Å²) in [5.74, 6) is -0.123. The molecule has 0 aliphatic heterocycles. The van der Waals surface area contributed by atoms with Crippen LogP contribution in [0.2, 0.25) is 0 Å². The molecule has 0 rings (SSSR count). The standard InChI is InChI=1S/C20H40O3/c1-5-7-8-9-10-11-12-13-14-15-16-22-17-18-23-19(21)20(3,4)6-2/h5-18H2,1-4H3. The van der Waals surface area contributed by atoms with Gasteiger partial charge < -0.3 is 9.47 Å². The van der Waals surface area contributed by atoms with Gasteiger partial charge in [0.05, 0.1) is 12.0 Å². The molecule has 0 amide bonds. The molecular weight excluding hydrogens is 288 g/mol. The predicted molar refractivity (Wildman–Crippen MR) is 97.7 cm³/mol. The molecule has 0 bridgehead atoms. The second-order valence-electron chi connectivity index (χ2n) is 7.17. The van der Waals surface area contributed by atoms with Crippen LogP contribution in [0.5, 0.6) is 0 Å². The third kappa shape index (κ3) is 13.6. The van der Waals surface area contributed by atoms with Gasteiger partial charge in [-0.05, 0) is 26.7 Å². The van der Waals surface area contributed by atoms with Crippen LogP contribution in [-0.4, -0.2) is 25.8 Å². The Morgan fingerprint density at radius 1 is 0.739 bits per heavy atom. The molecule has 0 aromatic rings. The van der Waals surface area contributed by atoms with Crippen molar-refractivity contribution in [3.05, 3.63) is 0 Å². The minimum Gasteiger partial charge on any atom is -0.463 e. The van der Waals surface area contributed by atoms with Gasteiger partial charge in [-0.1, -0.05) is 71.6 Å². The normalized spacial score (nSPS) is 11.7. The van der Waals surface area contributed by atoms with Crippen molar-refractivity contribution in [2.24, 2.45) is 5.41 Å². The quantitative estimate of drug-likeness (QED) is 0.261. The van der Waals surface area contributed by atoms with E-state index in [9.17, 15) is 4.79 Å². The average Bonchev–Trinajstić information content (AvgIpc) is 2.54. The molecule has 3 nitrogen and oxygen atoms in total. The zero-order valence-electron chi connectivity index (χ0n) is 16.1. The van der Waals surface area contributed by atoms with E-state index in [2.05, 4.69) is 6.92 Å². The molecule has 23 heavy (non-hydrogen) atoms. The van der Waals surface area contributed by atoms with E-state index < -0.39 is 0 Å². The van der Waals surface area contributed by atoms with Gasteiger partial charge in [0, 0.05) is 6.61 Å². The molecule has 0 radical (unpaired) electrons. The summed E-state index contributed by atoms with van der Waals surface area (Å²) < 4.78 is 10.8. The molecule has 138 valence electrons. The monoisotopic (exact) mass is 328 g/mol. The van der Waals surface area contributed by atoms with Gasteiger partial charge in [-0.2, -0.15) is 0 Å². The summed E-state index contributed by atoms with van der Waals surface area (Å²) in [7, 11) is 0. The van der Waals surface area contributed by atoms with E-state index in [0.717, 1.165) is 19.4 Å². The Morgan fingerprint density at radius 3 is 1.78 bits per heavy atom. The first-order chi connectivity index (χ1) is 11.0. The van der Waals surface area contributed by atoms with Crippen LogP contribution >= 0.6 is 0 Å². The summed E-state index contributed by atoms with van der Waals surface area (Å²) in [6.07, 6.45) is 14.1. The molecule has 0 spiro atoms. The highest BCUT2D eigenvalue weighted by atomic mass is 16.6. The van der Waals surface area contributed by atoms with Crippen LogP contribution in [0.1, 0.15) is 98.3 Å². The molecule has 0 aliphatic rings. The van der Waals surface area contributed by atoms with E-state index in [4.69, 9.17) is 9.47 Å². The van der Waals surface area contributed by atoms with Crippen molar-refractivity contribution in [3.63, 3.8) is 0 Å².